The molecule has 2 rings (SSSR count). The summed E-state index contributed by atoms with van der Waals surface area (Å²) >= 11 is 3.03. The minimum atomic E-state index is -0.526. The van der Waals surface area contributed by atoms with E-state index in [1.165, 1.54) is 12.1 Å². The van der Waals surface area contributed by atoms with Gasteiger partial charge in [-0.15, -0.1) is 0 Å². The summed E-state index contributed by atoms with van der Waals surface area (Å²) < 4.78 is 27.0. The Morgan fingerprint density at radius 3 is 2.57 bits per heavy atom. The van der Waals surface area contributed by atoms with Gasteiger partial charge in [0.2, 0.25) is 0 Å². The van der Waals surface area contributed by atoms with Gasteiger partial charge in [0.1, 0.15) is 11.6 Å². The molecular weight excluding hydrogens is 252 g/mol. The molecule has 1 aliphatic carbocycles. The minimum Gasteiger partial charge on any atom is -0.325 e. The molecule has 4 heteroatoms. The fourth-order valence-electron chi connectivity index (χ4n) is 1.42. The smallest absolute Gasteiger partial charge is 0.143 e. The van der Waals surface area contributed by atoms with Crippen LogP contribution in [0.5, 0.6) is 0 Å². The molecule has 2 N–H and O–H groups in total. The molecule has 1 nitrogen and oxygen atoms in total. The average molecular weight is 262 g/mol. The molecule has 0 aromatic heterocycles. The van der Waals surface area contributed by atoms with E-state index in [0.29, 0.717) is 0 Å². The Balaban J connectivity index is 2.35. The van der Waals surface area contributed by atoms with Crippen molar-refractivity contribution in [2.24, 2.45) is 5.73 Å². The summed E-state index contributed by atoms with van der Waals surface area (Å²) in [6.07, 6.45) is 1.97. The van der Waals surface area contributed by atoms with Crippen LogP contribution in [0.1, 0.15) is 18.4 Å². The second-order valence-corrected chi connectivity index (χ2v) is 4.72. The Labute approximate surface area is 89.4 Å². The van der Waals surface area contributed by atoms with Gasteiger partial charge in [0, 0.05) is 11.1 Å². The molecule has 0 amide bonds. The number of rotatable bonds is 2. The Bertz CT molecular complexity index is 375. The van der Waals surface area contributed by atoms with E-state index >= 15 is 0 Å². The standard InChI is InChI=1S/C10H10BrF2N/c11-7-1-2-8(12)6(9(7)13)5-10(14)3-4-10/h1-2H,3-5,14H2. The van der Waals surface area contributed by atoms with Crippen LogP contribution in [0.25, 0.3) is 0 Å². The number of benzene rings is 1. The normalized spacial score (nSPS) is 18.3. The molecule has 76 valence electrons. The third-order valence-corrected chi connectivity index (χ3v) is 3.17. The highest BCUT2D eigenvalue weighted by molar-refractivity contribution is 9.10. The molecule has 1 aliphatic rings. The lowest BCUT2D eigenvalue weighted by molar-refractivity contribution is 0.528. The second kappa shape index (κ2) is 3.28. The molecule has 1 aromatic carbocycles. The van der Waals surface area contributed by atoms with Crippen LogP contribution < -0.4 is 5.73 Å². The molecule has 1 saturated carbocycles. The molecule has 0 radical (unpaired) electrons. The SMILES string of the molecule is NC1(Cc2c(F)ccc(Br)c2F)CC1. The van der Waals surface area contributed by atoms with E-state index < -0.39 is 11.6 Å². The van der Waals surface area contributed by atoms with E-state index in [1.807, 2.05) is 0 Å². The summed E-state index contributed by atoms with van der Waals surface area (Å²) in [5.74, 6) is -1.04. The van der Waals surface area contributed by atoms with Gasteiger partial charge in [-0.05, 0) is 47.3 Å². The van der Waals surface area contributed by atoms with E-state index in [4.69, 9.17) is 5.73 Å². The molecule has 0 atom stereocenters. The molecular formula is C10H10BrF2N. The average Bonchev–Trinajstić information content (AvgIpc) is 2.86. The topological polar surface area (TPSA) is 26.0 Å². The maximum absolute atomic E-state index is 13.5. The quantitative estimate of drug-likeness (QED) is 0.815. The van der Waals surface area contributed by atoms with Crippen molar-refractivity contribution >= 4 is 15.9 Å². The molecule has 0 heterocycles. The van der Waals surface area contributed by atoms with Gasteiger partial charge < -0.3 is 5.73 Å². The zero-order valence-electron chi connectivity index (χ0n) is 7.49. The molecule has 1 fully saturated rings. The highest BCUT2D eigenvalue weighted by Gasteiger charge is 2.39. The van der Waals surface area contributed by atoms with Crippen molar-refractivity contribution in [3.05, 3.63) is 33.8 Å². The Kier molecular flexibility index (Phi) is 2.35. The predicted molar refractivity (Wildman–Crippen MR) is 53.9 cm³/mol. The van der Waals surface area contributed by atoms with Gasteiger partial charge in [0.15, 0.2) is 0 Å². The highest BCUT2D eigenvalue weighted by Crippen LogP contribution is 2.37. The van der Waals surface area contributed by atoms with Gasteiger partial charge in [0.25, 0.3) is 0 Å². The lowest BCUT2D eigenvalue weighted by atomic mass is 10.0. The van der Waals surface area contributed by atoms with E-state index in [-0.39, 0.29) is 22.0 Å². The summed E-state index contributed by atoms with van der Waals surface area (Å²) in [5, 5.41) is 0. The van der Waals surface area contributed by atoms with Crippen molar-refractivity contribution in [3.63, 3.8) is 0 Å². The van der Waals surface area contributed by atoms with Crippen LogP contribution in [0.2, 0.25) is 0 Å². The minimum absolute atomic E-state index is 0.0966. The van der Waals surface area contributed by atoms with Crippen LogP contribution in [0, 0.1) is 11.6 Å². The summed E-state index contributed by atoms with van der Waals surface area (Å²) in [6, 6.07) is 2.62. The van der Waals surface area contributed by atoms with Crippen molar-refractivity contribution in [1.29, 1.82) is 0 Å². The zero-order valence-corrected chi connectivity index (χ0v) is 9.07. The first-order valence-electron chi connectivity index (χ1n) is 4.43. The van der Waals surface area contributed by atoms with Crippen LogP contribution in [-0.2, 0) is 6.42 Å². The second-order valence-electron chi connectivity index (χ2n) is 3.86. The fourth-order valence-corrected chi connectivity index (χ4v) is 1.79. The zero-order chi connectivity index (χ0) is 10.3. The van der Waals surface area contributed by atoms with Gasteiger partial charge in [-0.25, -0.2) is 8.78 Å². The van der Waals surface area contributed by atoms with Gasteiger partial charge in [-0.3, -0.25) is 0 Å². The van der Waals surface area contributed by atoms with Crippen molar-refractivity contribution in [1.82, 2.24) is 0 Å². The lowest BCUT2D eigenvalue weighted by Crippen LogP contribution is -2.25. The van der Waals surface area contributed by atoms with E-state index in [9.17, 15) is 8.78 Å². The molecule has 1 aromatic rings. The van der Waals surface area contributed by atoms with Crippen LogP contribution >= 0.6 is 15.9 Å². The number of hydrogen-bond acceptors (Lipinski definition) is 1. The first kappa shape index (κ1) is 10.1. The molecule has 14 heavy (non-hydrogen) atoms. The van der Waals surface area contributed by atoms with E-state index in [1.54, 1.807) is 0 Å². The largest absolute Gasteiger partial charge is 0.325 e. The van der Waals surface area contributed by atoms with E-state index in [2.05, 4.69) is 15.9 Å². The Hall–Kier alpha value is -0.480. The third-order valence-electron chi connectivity index (χ3n) is 2.56. The predicted octanol–water partition coefficient (Wildman–Crippen LogP) is 2.76. The van der Waals surface area contributed by atoms with Gasteiger partial charge in [0.05, 0.1) is 4.47 Å². The van der Waals surface area contributed by atoms with Crippen molar-refractivity contribution in [2.75, 3.05) is 0 Å². The van der Waals surface area contributed by atoms with Crippen molar-refractivity contribution in [3.8, 4) is 0 Å². The van der Waals surface area contributed by atoms with Crippen LogP contribution in [0.4, 0.5) is 8.78 Å². The number of hydrogen-bond donors (Lipinski definition) is 1. The molecule has 0 unspecified atom stereocenters. The number of halogens is 3. The van der Waals surface area contributed by atoms with Crippen molar-refractivity contribution < 1.29 is 8.78 Å². The maximum atomic E-state index is 13.5. The Morgan fingerprint density at radius 2 is 2.00 bits per heavy atom. The van der Waals surface area contributed by atoms with Crippen molar-refractivity contribution in [2.45, 2.75) is 24.8 Å². The Morgan fingerprint density at radius 1 is 1.36 bits per heavy atom. The summed E-state index contributed by atoms with van der Waals surface area (Å²) in [5.41, 5.74) is 5.54. The van der Waals surface area contributed by atoms with Gasteiger partial charge in [-0.1, -0.05) is 0 Å². The van der Waals surface area contributed by atoms with Crippen LogP contribution in [0.15, 0.2) is 16.6 Å². The molecule has 0 bridgehead atoms. The van der Waals surface area contributed by atoms with E-state index in [0.717, 1.165) is 12.8 Å². The highest BCUT2D eigenvalue weighted by atomic mass is 79.9. The molecule has 0 saturated heterocycles. The molecule has 0 aliphatic heterocycles. The molecule has 0 spiro atoms. The van der Waals surface area contributed by atoms with Gasteiger partial charge in [-0.2, -0.15) is 0 Å². The fraction of sp³-hybridized carbons (Fsp3) is 0.400. The first-order valence-corrected chi connectivity index (χ1v) is 5.22. The maximum Gasteiger partial charge on any atom is 0.143 e. The monoisotopic (exact) mass is 261 g/mol. The summed E-state index contributed by atoms with van der Waals surface area (Å²) in [6.45, 7) is 0. The van der Waals surface area contributed by atoms with Crippen LogP contribution in [-0.4, -0.2) is 5.54 Å². The summed E-state index contributed by atoms with van der Waals surface area (Å²) in [4.78, 5) is 0. The van der Waals surface area contributed by atoms with Crippen LogP contribution in [0.3, 0.4) is 0 Å². The lowest BCUT2D eigenvalue weighted by Gasteiger charge is -2.11. The third kappa shape index (κ3) is 1.81. The van der Waals surface area contributed by atoms with Gasteiger partial charge >= 0.3 is 0 Å². The first-order chi connectivity index (χ1) is 6.52. The summed E-state index contributed by atoms with van der Waals surface area (Å²) in [7, 11) is 0. The number of nitrogens with two attached hydrogens (primary N) is 1.